The molecule has 0 amide bonds. The van der Waals surface area contributed by atoms with E-state index in [1.165, 1.54) is 20.9 Å². The van der Waals surface area contributed by atoms with E-state index in [0.717, 1.165) is 4.91 Å². The predicted octanol–water partition coefficient (Wildman–Crippen LogP) is 5.95. The van der Waals surface area contributed by atoms with E-state index in [1.807, 2.05) is 12.2 Å². The Morgan fingerprint density at radius 2 is 1.56 bits per heavy atom. The van der Waals surface area contributed by atoms with E-state index in [1.54, 1.807) is 6.08 Å². The summed E-state index contributed by atoms with van der Waals surface area (Å²) in [6, 6.07) is 17.3. The standard InChI is InChI=1S/C23H22FS/c1-17(2)19-9-14-23(15-10-19)25(22-12-7-18(3)8-13-22)21-6-4-5-20(24)11-16-21/h6-17,20H,1-3H3/q+1. The molecule has 1 aliphatic carbocycles. The lowest BCUT2D eigenvalue weighted by Gasteiger charge is -2.10. The Morgan fingerprint density at radius 1 is 0.960 bits per heavy atom. The molecule has 0 nitrogen and oxygen atoms in total. The molecule has 0 saturated carbocycles. The van der Waals surface area contributed by atoms with Crippen molar-refractivity contribution in [3.63, 3.8) is 0 Å². The highest BCUT2D eigenvalue weighted by atomic mass is 32.2. The van der Waals surface area contributed by atoms with Crippen molar-refractivity contribution >= 4 is 10.9 Å². The monoisotopic (exact) mass is 349 g/mol. The molecule has 25 heavy (non-hydrogen) atoms. The summed E-state index contributed by atoms with van der Waals surface area (Å²) in [6.45, 7) is 6.48. The third-order valence-corrected chi connectivity index (χ3v) is 6.35. The largest absolute Gasteiger partial charge is 0.229 e. The van der Waals surface area contributed by atoms with E-state index < -0.39 is 6.17 Å². The average molecular weight is 349 g/mol. The molecular weight excluding hydrogens is 327 g/mol. The van der Waals surface area contributed by atoms with Crippen molar-refractivity contribution in [2.75, 3.05) is 0 Å². The van der Waals surface area contributed by atoms with E-state index in [0.29, 0.717) is 5.92 Å². The minimum atomic E-state index is -1.19. The van der Waals surface area contributed by atoms with Crippen LogP contribution in [-0.4, -0.2) is 6.17 Å². The van der Waals surface area contributed by atoms with Gasteiger partial charge in [-0.3, -0.25) is 0 Å². The van der Waals surface area contributed by atoms with Crippen LogP contribution in [0.15, 0.2) is 81.5 Å². The molecule has 2 atom stereocenters. The minimum Gasteiger partial charge on any atom is -0.229 e. The third kappa shape index (κ3) is 4.24. The van der Waals surface area contributed by atoms with Gasteiger partial charge in [0.2, 0.25) is 0 Å². The molecule has 0 fully saturated rings. The summed E-state index contributed by atoms with van der Waals surface area (Å²) in [5.41, 5.74) is 2.56. The fraction of sp³-hybridized carbons (Fsp3) is 0.217. The van der Waals surface area contributed by atoms with Crippen LogP contribution in [0.5, 0.6) is 0 Å². The summed E-state index contributed by atoms with van der Waals surface area (Å²) in [7, 11) is -0.288. The Kier molecular flexibility index (Phi) is 5.46. The van der Waals surface area contributed by atoms with E-state index in [9.17, 15) is 4.39 Å². The van der Waals surface area contributed by atoms with Gasteiger partial charge in [-0.15, -0.1) is 0 Å². The molecule has 126 valence electrons. The number of allylic oxidation sites excluding steroid dienone is 3. The minimum absolute atomic E-state index is 0.288. The van der Waals surface area contributed by atoms with Gasteiger partial charge in [-0.05, 0) is 54.8 Å². The normalized spacial score (nSPS) is 17.5. The summed E-state index contributed by atoms with van der Waals surface area (Å²) >= 11 is 0. The van der Waals surface area contributed by atoms with E-state index in [2.05, 4.69) is 81.1 Å². The molecule has 3 rings (SSSR count). The van der Waals surface area contributed by atoms with Gasteiger partial charge in [0.05, 0.1) is 10.9 Å². The third-order valence-electron chi connectivity index (χ3n) is 4.14. The highest BCUT2D eigenvalue weighted by Gasteiger charge is 2.30. The van der Waals surface area contributed by atoms with Crippen molar-refractivity contribution < 1.29 is 4.39 Å². The Hall–Kier alpha value is -2.24. The van der Waals surface area contributed by atoms with Crippen LogP contribution in [0.25, 0.3) is 0 Å². The SMILES string of the molecule is Cc1ccc([S+](C2=CC#CC(F)C=C2)c2ccc(C(C)C)cc2)cc1. The summed E-state index contributed by atoms with van der Waals surface area (Å²) in [6.07, 6.45) is 4.08. The Labute approximate surface area is 152 Å². The van der Waals surface area contributed by atoms with Crippen LogP contribution in [0.1, 0.15) is 30.9 Å². The summed E-state index contributed by atoms with van der Waals surface area (Å²) in [4.78, 5) is 3.50. The van der Waals surface area contributed by atoms with Gasteiger partial charge in [0, 0.05) is 6.08 Å². The molecule has 0 N–H and O–H groups in total. The molecule has 2 unspecified atom stereocenters. The first-order valence-electron chi connectivity index (χ1n) is 8.49. The molecular formula is C23H22FS+. The van der Waals surface area contributed by atoms with Crippen molar-refractivity contribution in [2.24, 2.45) is 0 Å². The zero-order valence-corrected chi connectivity index (χ0v) is 15.6. The predicted molar refractivity (Wildman–Crippen MR) is 106 cm³/mol. The Balaban J connectivity index is 2.06. The highest BCUT2D eigenvalue weighted by molar-refractivity contribution is 8.00. The van der Waals surface area contributed by atoms with Crippen LogP contribution < -0.4 is 0 Å². The van der Waals surface area contributed by atoms with Gasteiger partial charge in [-0.2, -0.15) is 0 Å². The van der Waals surface area contributed by atoms with Crippen molar-refractivity contribution in [1.29, 1.82) is 0 Å². The van der Waals surface area contributed by atoms with Crippen molar-refractivity contribution in [1.82, 2.24) is 0 Å². The first-order chi connectivity index (χ1) is 12.0. The first kappa shape index (κ1) is 17.6. The van der Waals surface area contributed by atoms with Crippen LogP contribution in [0.2, 0.25) is 0 Å². The maximum atomic E-state index is 13.6. The molecule has 0 aromatic heterocycles. The molecule has 2 aromatic rings. The topological polar surface area (TPSA) is 0 Å². The molecule has 0 radical (unpaired) electrons. The van der Waals surface area contributed by atoms with E-state index in [4.69, 9.17) is 0 Å². The van der Waals surface area contributed by atoms with Gasteiger partial charge in [0.1, 0.15) is 0 Å². The van der Waals surface area contributed by atoms with Gasteiger partial charge in [-0.1, -0.05) is 55.5 Å². The van der Waals surface area contributed by atoms with Crippen LogP contribution >= 0.6 is 0 Å². The Bertz CT molecular complexity index is 846. The molecule has 0 heterocycles. The maximum Gasteiger partial charge on any atom is 0.179 e. The summed E-state index contributed by atoms with van der Waals surface area (Å²) < 4.78 is 13.6. The van der Waals surface area contributed by atoms with Crippen LogP contribution in [0.4, 0.5) is 4.39 Å². The number of benzene rings is 2. The van der Waals surface area contributed by atoms with Gasteiger partial charge in [-0.25, -0.2) is 4.39 Å². The van der Waals surface area contributed by atoms with Gasteiger partial charge in [0.15, 0.2) is 20.9 Å². The smallest absolute Gasteiger partial charge is 0.179 e. The van der Waals surface area contributed by atoms with Crippen LogP contribution in [0.3, 0.4) is 0 Å². The number of hydrogen-bond acceptors (Lipinski definition) is 0. The molecule has 0 aliphatic heterocycles. The number of hydrogen-bond donors (Lipinski definition) is 0. The van der Waals surface area contributed by atoms with Gasteiger partial charge in [0.25, 0.3) is 0 Å². The van der Waals surface area contributed by atoms with E-state index >= 15 is 0 Å². The lowest BCUT2D eigenvalue weighted by atomic mass is 10.0. The highest BCUT2D eigenvalue weighted by Crippen LogP contribution is 2.32. The van der Waals surface area contributed by atoms with E-state index in [-0.39, 0.29) is 10.9 Å². The number of halogens is 1. The van der Waals surface area contributed by atoms with Crippen molar-refractivity contribution in [3.8, 4) is 11.8 Å². The zero-order chi connectivity index (χ0) is 17.8. The van der Waals surface area contributed by atoms with Crippen LogP contribution in [-0.2, 0) is 10.9 Å². The van der Waals surface area contributed by atoms with Crippen molar-refractivity contribution in [2.45, 2.75) is 42.7 Å². The fourth-order valence-electron chi connectivity index (χ4n) is 2.67. The van der Waals surface area contributed by atoms with Crippen LogP contribution in [0, 0.1) is 18.8 Å². The Morgan fingerprint density at radius 3 is 2.16 bits per heavy atom. The summed E-state index contributed by atoms with van der Waals surface area (Å²) in [5.74, 6) is 5.96. The zero-order valence-electron chi connectivity index (χ0n) is 14.8. The number of alkyl halides is 1. The molecule has 2 aromatic carbocycles. The van der Waals surface area contributed by atoms with Gasteiger partial charge >= 0.3 is 0 Å². The number of rotatable bonds is 4. The molecule has 1 aliphatic rings. The average Bonchev–Trinajstić information content (AvgIpc) is 2.82. The first-order valence-corrected chi connectivity index (χ1v) is 9.71. The second-order valence-corrected chi connectivity index (χ2v) is 8.47. The fourth-order valence-corrected chi connectivity index (χ4v) is 4.69. The van der Waals surface area contributed by atoms with Gasteiger partial charge < -0.3 is 0 Å². The second kappa shape index (κ2) is 7.76. The molecule has 0 spiro atoms. The lowest BCUT2D eigenvalue weighted by molar-refractivity contribution is 0.482. The quantitative estimate of drug-likeness (QED) is 0.472. The number of aryl methyl sites for hydroxylation is 1. The maximum absolute atomic E-state index is 13.6. The second-order valence-electron chi connectivity index (χ2n) is 6.44. The van der Waals surface area contributed by atoms with Crippen molar-refractivity contribution in [3.05, 3.63) is 82.8 Å². The summed E-state index contributed by atoms with van der Waals surface area (Å²) in [5, 5.41) is 0. The molecule has 0 saturated heterocycles. The lowest BCUT2D eigenvalue weighted by Crippen LogP contribution is -2.06. The molecule has 2 heteroatoms. The molecule has 0 bridgehead atoms.